The van der Waals surface area contributed by atoms with Gasteiger partial charge >= 0.3 is 5.97 Å². The SMILES string of the molecule is CNC(=O)C(C)(C)Cn1ccc(=O)nc1SCC(=O)O. The lowest BCUT2D eigenvalue weighted by atomic mass is 9.92. The topological polar surface area (TPSA) is 101 Å². The molecule has 0 atom stereocenters. The first-order valence-corrected chi connectivity index (χ1v) is 6.89. The maximum atomic E-state index is 11.8. The van der Waals surface area contributed by atoms with E-state index in [-0.39, 0.29) is 16.8 Å². The average molecular weight is 299 g/mol. The van der Waals surface area contributed by atoms with Crippen molar-refractivity contribution in [2.75, 3.05) is 12.8 Å². The molecule has 0 saturated heterocycles. The van der Waals surface area contributed by atoms with Crippen molar-refractivity contribution in [3.05, 3.63) is 22.6 Å². The van der Waals surface area contributed by atoms with Crippen molar-refractivity contribution >= 4 is 23.6 Å². The van der Waals surface area contributed by atoms with E-state index in [0.29, 0.717) is 6.54 Å². The second-order valence-corrected chi connectivity index (χ2v) is 5.76. The van der Waals surface area contributed by atoms with E-state index in [1.165, 1.54) is 12.3 Å². The van der Waals surface area contributed by atoms with Crippen LogP contribution in [0.15, 0.2) is 22.2 Å². The van der Waals surface area contributed by atoms with E-state index in [9.17, 15) is 14.4 Å². The molecule has 1 aromatic heterocycles. The lowest BCUT2D eigenvalue weighted by Gasteiger charge is -2.24. The predicted molar refractivity (Wildman–Crippen MR) is 74.7 cm³/mol. The Morgan fingerprint density at radius 2 is 2.15 bits per heavy atom. The Morgan fingerprint density at radius 1 is 1.50 bits per heavy atom. The molecule has 1 aromatic rings. The molecule has 0 fully saturated rings. The Kier molecular flexibility index (Phi) is 5.32. The number of carboxylic acids is 1. The normalized spacial score (nSPS) is 11.2. The first kappa shape index (κ1) is 16.2. The van der Waals surface area contributed by atoms with Gasteiger partial charge in [0.2, 0.25) is 5.91 Å². The highest BCUT2D eigenvalue weighted by Gasteiger charge is 2.27. The summed E-state index contributed by atoms with van der Waals surface area (Å²) in [6.07, 6.45) is 1.52. The van der Waals surface area contributed by atoms with Gasteiger partial charge in [-0.3, -0.25) is 14.4 Å². The zero-order valence-electron chi connectivity index (χ0n) is 11.5. The molecule has 0 unspecified atom stereocenters. The van der Waals surface area contributed by atoms with Gasteiger partial charge in [-0.25, -0.2) is 0 Å². The zero-order chi connectivity index (χ0) is 15.3. The van der Waals surface area contributed by atoms with E-state index in [0.717, 1.165) is 11.8 Å². The molecule has 0 aliphatic heterocycles. The number of amides is 1. The van der Waals surface area contributed by atoms with Gasteiger partial charge in [0.25, 0.3) is 5.56 Å². The quantitative estimate of drug-likeness (QED) is 0.574. The molecule has 2 N–H and O–H groups in total. The molecule has 0 saturated carbocycles. The fourth-order valence-corrected chi connectivity index (χ4v) is 2.31. The van der Waals surface area contributed by atoms with Crippen LogP contribution in [0, 0.1) is 5.41 Å². The predicted octanol–water partition coefficient (Wildman–Crippen LogP) is 0.192. The number of carbonyl (C=O) groups excluding carboxylic acids is 1. The summed E-state index contributed by atoms with van der Waals surface area (Å²) in [6, 6.07) is 1.28. The summed E-state index contributed by atoms with van der Waals surface area (Å²) in [4.78, 5) is 37.5. The minimum atomic E-state index is -0.995. The smallest absolute Gasteiger partial charge is 0.313 e. The Labute approximate surface area is 120 Å². The molecule has 0 aromatic carbocycles. The molecule has 110 valence electrons. The van der Waals surface area contributed by atoms with Crippen molar-refractivity contribution in [2.24, 2.45) is 5.41 Å². The van der Waals surface area contributed by atoms with Gasteiger partial charge in [0, 0.05) is 25.9 Å². The fraction of sp³-hybridized carbons (Fsp3) is 0.500. The van der Waals surface area contributed by atoms with E-state index in [2.05, 4.69) is 10.3 Å². The minimum Gasteiger partial charge on any atom is -0.481 e. The molecule has 1 amide bonds. The molecule has 0 radical (unpaired) electrons. The van der Waals surface area contributed by atoms with Gasteiger partial charge < -0.3 is 15.0 Å². The molecule has 0 spiro atoms. The van der Waals surface area contributed by atoms with Crippen LogP contribution >= 0.6 is 11.8 Å². The molecule has 1 rings (SSSR count). The number of hydrogen-bond donors (Lipinski definition) is 2. The van der Waals surface area contributed by atoms with Gasteiger partial charge in [0.1, 0.15) is 0 Å². The lowest BCUT2D eigenvalue weighted by molar-refractivity contribution is -0.134. The van der Waals surface area contributed by atoms with Crippen molar-refractivity contribution in [1.29, 1.82) is 0 Å². The Balaban J connectivity index is 3.02. The van der Waals surface area contributed by atoms with Crippen LogP contribution < -0.4 is 10.9 Å². The highest BCUT2D eigenvalue weighted by molar-refractivity contribution is 7.99. The summed E-state index contributed by atoms with van der Waals surface area (Å²) in [5.74, 6) is -1.34. The Bertz CT molecular complexity index is 568. The largest absolute Gasteiger partial charge is 0.481 e. The summed E-state index contributed by atoms with van der Waals surface area (Å²) >= 11 is 0.950. The van der Waals surface area contributed by atoms with Gasteiger partial charge in [-0.15, -0.1) is 0 Å². The number of nitrogens with one attached hydrogen (secondary N) is 1. The number of rotatable bonds is 6. The van der Waals surface area contributed by atoms with Crippen LogP contribution in [0.3, 0.4) is 0 Å². The van der Waals surface area contributed by atoms with Gasteiger partial charge in [-0.05, 0) is 13.8 Å². The molecular formula is C12H17N3O4S. The minimum absolute atomic E-state index is 0.148. The van der Waals surface area contributed by atoms with Crippen LogP contribution in [-0.2, 0) is 16.1 Å². The van der Waals surface area contributed by atoms with Crippen molar-refractivity contribution in [3.8, 4) is 0 Å². The summed E-state index contributed by atoms with van der Waals surface area (Å²) in [6.45, 7) is 3.81. The van der Waals surface area contributed by atoms with Crippen LogP contribution in [-0.4, -0.2) is 39.3 Å². The fourth-order valence-electron chi connectivity index (χ4n) is 1.61. The molecule has 0 aliphatic carbocycles. The van der Waals surface area contributed by atoms with E-state index >= 15 is 0 Å². The third-order valence-electron chi connectivity index (χ3n) is 2.58. The Morgan fingerprint density at radius 3 is 2.70 bits per heavy atom. The third kappa shape index (κ3) is 4.37. The average Bonchev–Trinajstić information content (AvgIpc) is 2.37. The second-order valence-electron chi connectivity index (χ2n) is 4.82. The molecule has 8 heteroatoms. The standard InChI is InChI=1S/C12H17N3O4S/c1-12(2,10(19)13-3)7-15-5-4-8(16)14-11(15)20-6-9(17)18/h4-5H,6-7H2,1-3H3,(H,13,19)(H,17,18). The number of carboxylic acid groups (broad SMARTS) is 1. The molecule has 20 heavy (non-hydrogen) atoms. The molecule has 1 heterocycles. The summed E-state index contributed by atoms with van der Waals surface area (Å²) < 4.78 is 1.62. The second kappa shape index (κ2) is 6.56. The summed E-state index contributed by atoms with van der Waals surface area (Å²) in [5.41, 5.74) is -1.14. The van der Waals surface area contributed by atoms with Crippen LogP contribution in [0.4, 0.5) is 0 Å². The van der Waals surface area contributed by atoms with Crippen LogP contribution in [0.5, 0.6) is 0 Å². The molecular weight excluding hydrogens is 282 g/mol. The highest BCUT2D eigenvalue weighted by Crippen LogP contribution is 2.22. The van der Waals surface area contributed by atoms with Gasteiger partial charge in [0.05, 0.1) is 11.2 Å². The summed E-state index contributed by atoms with van der Waals surface area (Å²) in [7, 11) is 1.55. The van der Waals surface area contributed by atoms with Crippen molar-refractivity contribution < 1.29 is 14.7 Å². The Hall–Kier alpha value is -1.83. The molecule has 7 nitrogen and oxygen atoms in total. The first-order chi connectivity index (χ1) is 9.26. The van der Waals surface area contributed by atoms with E-state index in [4.69, 9.17) is 5.11 Å². The number of thioether (sulfide) groups is 1. The number of aliphatic carboxylic acids is 1. The summed E-state index contributed by atoms with van der Waals surface area (Å²) in [5, 5.41) is 11.6. The number of nitrogens with zero attached hydrogens (tertiary/aromatic N) is 2. The van der Waals surface area contributed by atoms with E-state index in [1.807, 2.05) is 0 Å². The lowest BCUT2D eigenvalue weighted by Crippen LogP contribution is -2.38. The first-order valence-electron chi connectivity index (χ1n) is 5.90. The third-order valence-corrected chi connectivity index (χ3v) is 3.56. The van der Waals surface area contributed by atoms with E-state index in [1.54, 1.807) is 25.5 Å². The number of hydrogen-bond acceptors (Lipinski definition) is 5. The zero-order valence-corrected chi connectivity index (χ0v) is 12.4. The van der Waals surface area contributed by atoms with Gasteiger partial charge in [-0.2, -0.15) is 4.98 Å². The monoisotopic (exact) mass is 299 g/mol. The van der Waals surface area contributed by atoms with Crippen molar-refractivity contribution in [2.45, 2.75) is 25.5 Å². The van der Waals surface area contributed by atoms with Crippen molar-refractivity contribution in [1.82, 2.24) is 14.9 Å². The number of carbonyl (C=O) groups is 2. The van der Waals surface area contributed by atoms with Crippen LogP contribution in [0.25, 0.3) is 0 Å². The highest BCUT2D eigenvalue weighted by atomic mass is 32.2. The van der Waals surface area contributed by atoms with Crippen molar-refractivity contribution in [3.63, 3.8) is 0 Å². The van der Waals surface area contributed by atoms with Crippen LogP contribution in [0.2, 0.25) is 0 Å². The molecule has 0 aliphatic rings. The van der Waals surface area contributed by atoms with Gasteiger partial charge in [0.15, 0.2) is 5.16 Å². The maximum Gasteiger partial charge on any atom is 0.313 e. The maximum absolute atomic E-state index is 11.8. The number of aromatic nitrogens is 2. The van der Waals surface area contributed by atoms with Gasteiger partial charge in [-0.1, -0.05) is 11.8 Å². The van der Waals surface area contributed by atoms with Crippen LogP contribution in [0.1, 0.15) is 13.8 Å². The van der Waals surface area contributed by atoms with E-state index < -0.39 is 16.9 Å². The molecule has 0 bridgehead atoms.